The molecule has 2 atom stereocenters. The number of nitrogens with zero attached hydrogens (tertiary/aromatic N) is 1. The smallest absolute Gasteiger partial charge is 0.330 e. The van der Waals surface area contributed by atoms with Gasteiger partial charge in [0, 0.05) is 37.4 Å². The molecule has 0 aliphatic carbocycles. The van der Waals surface area contributed by atoms with Crippen molar-refractivity contribution < 1.29 is 22.8 Å². The van der Waals surface area contributed by atoms with Gasteiger partial charge in [0.15, 0.2) is 0 Å². The largest absolute Gasteiger partial charge is 0.446 e. The molecule has 0 spiro atoms. The summed E-state index contributed by atoms with van der Waals surface area (Å²) in [6.07, 6.45) is -3.11. The van der Waals surface area contributed by atoms with E-state index < -0.39 is 12.5 Å². The molecule has 2 aliphatic rings. The summed E-state index contributed by atoms with van der Waals surface area (Å²) >= 11 is 0. The number of rotatable bonds is 1. The van der Waals surface area contributed by atoms with Gasteiger partial charge >= 0.3 is 6.18 Å². The van der Waals surface area contributed by atoms with E-state index in [1.807, 2.05) is 4.90 Å². The number of alkyl halides is 3. The Kier molecular flexibility index (Phi) is 4.65. The molecule has 0 saturated carbocycles. The highest BCUT2D eigenvalue weighted by Gasteiger charge is 2.44. The zero-order valence-electron chi connectivity index (χ0n) is 11.4. The van der Waals surface area contributed by atoms with Crippen LogP contribution < -0.4 is 10.9 Å². The normalized spacial score (nSPS) is 23.0. The highest BCUT2D eigenvalue weighted by molar-refractivity contribution is 5.95. The fourth-order valence-corrected chi connectivity index (χ4v) is 2.51. The third kappa shape index (κ3) is 3.73. The molecule has 2 unspecified atom stereocenters. The van der Waals surface area contributed by atoms with Gasteiger partial charge in [-0.05, 0) is 12.5 Å². The number of hydrogen-bond donors (Lipinski definition) is 2. The molecule has 2 aliphatic heterocycles. The number of aromatic nitrogens is 1. The lowest BCUT2D eigenvalue weighted by Gasteiger charge is -2.53. The van der Waals surface area contributed by atoms with E-state index >= 15 is 0 Å². The van der Waals surface area contributed by atoms with Crippen LogP contribution in [-0.2, 0) is 4.79 Å². The standard InChI is InChI=1S/C11H13N3O2.C2HF3O/c15-10-2-1-7(4-13-10)11(16)14-8-3-9(14)6-12-5-8;3-2(4,5)1-6/h1-2,4,8-9,12H,3,5-6H2,(H,13,15);1H. The van der Waals surface area contributed by atoms with Gasteiger partial charge in [-0.2, -0.15) is 13.2 Å². The van der Waals surface area contributed by atoms with Crippen LogP contribution in [0.15, 0.2) is 23.1 Å². The van der Waals surface area contributed by atoms with Gasteiger partial charge in [-0.15, -0.1) is 0 Å². The zero-order chi connectivity index (χ0) is 16.3. The van der Waals surface area contributed by atoms with Crippen molar-refractivity contribution in [2.24, 2.45) is 0 Å². The first-order chi connectivity index (χ1) is 10.3. The SMILES string of the molecule is O=C(c1ccc(=O)[nH]c1)N1C2CNCC1C2.O=CC(F)(F)F. The van der Waals surface area contributed by atoms with Crippen LogP contribution in [-0.4, -0.2) is 53.4 Å². The van der Waals surface area contributed by atoms with Gasteiger partial charge in [0.25, 0.3) is 5.91 Å². The molecule has 9 heteroatoms. The third-order valence-corrected chi connectivity index (χ3v) is 3.49. The number of piperidine rings is 1. The maximum absolute atomic E-state index is 12.1. The minimum atomic E-state index is -4.64. The predicted molar refractivity (Wildman–Crippen MR) is 70.4 cm³/mol. The topological polar surface area (TPSA) is 82.3 Å². The van der Waals surface area contributed by atoms with Crippen molar-refractivity contribution in [2.45, 2.75) is 24.7 Å². The van der Waals surface area contributed by atoms with Crippen molar-refractivity contribution in [2.75, 3.05) is 13.1 Å². The Labute approximate surface area is 123 Å². The number of H-pyrrole nitrogens is 1. The van der Waals surface area contributed by atoms with Crippen molar-refractivity contribution in [1.29, 1.82) is 0 Å². The number of nitrogens with one attached hydrogen (secondary N) is 2. The second-order valence-electron chi connectivity index (χ2n) is 5.02. The number of carbonyl (C=O) groups excluding carboxylic acids is 2. The molecule has 2 saturated heterocycles. The van der Waals surface area contributed by atoms with E-state index in [0.717, 1.165) is 19.5 Å². The molecule has 3 rings (SSSR count). The Morgan fingerprint density at radius 2 is 1.86 bits per heavy atom. The average Bonchev–Trinajstić information content (AvgIpc) is 2.48. The summed E-state index contributed by atoms with van der Waals surface area (Å²) in [5, 5.41) is 3.28. The number of amides is 1. The summed E-state index contributed by atoms with van der Waals surface area (Å²) in [6.45, 7) is 1.76. The Morgan fingerprint density at radius 3 is 2.27 bits per heavy atom. The van der Waals surface area contributed by atoms with Crippen LogP contribution in [0.3, 0.4) is 0 Å². The van der Waals surface area contributed by atoms with Crippen LogP contribution in [0.25, 0.3) is 0 Å². The third-order valence-electron chi connectivity index (χ3n) is 3.49. The summed E-state index contributed by atoms with van der Waals surface area (Å²) in [5.74, 6) is 0.0269. The molecular weight excluding hydrogens is 303 g/mol. The fourth-order valence-electron chi connectivity index (χ4n) is 2.51. The average molecular weight is 317 g/mol. The minimum Gasteiger partial charge on any atom is -0.330 e. The molecular formula is C13H14F3N3O3. The monoisotopic (exact) mass is 317 g/mol. The molecule has 2 fully saturated rings. The lowest BCUT2D eigenvalue weighted by atomic mass is 9.88. The summed E-state index contributed by atoms with van der Waals surface area (Å²) in [7, 11) is 0. The molecule has 0 aromatic carbocycles. The molecule has 1 aromatic rings. The first-order valence-electron chi connectivity index (χ1n) is 6.57. The van der Waals surface area contributed by atoms with Gasteiger partial charge in [0.2, 0.25) is 11.8 Å². The van der Waals surface area contributed by atoms with Crippen molar-refractivity contribution >= 4 is 12.2 Å². The van der Waals surface area contributed by atoms with Gasteiger partial charge in [-0.1, -0.05) is 0 Å². The van der Waals surface area contributed by atoms with Crippen molar-refractivity contribution in [3.63, 3.8) is 0 Å². The second-order valence-corrected chi connectivity index (χ2v) is 5.02. The maximum Gasteiger partial charge on any atom is 0.446 e. The second kappa shape index (κ2) is 6.30. The molecule has 3 heterocycles. The number of pyridine rings is 1. The van der Waals surface area contributed by atoms with Crippen LogP contribution in [0, 0.1) is 0 Å². The number of fused-ring (bicyclic) bond motifs is 2. The molecule has 22 heavy (non-hydrogen) atoms. The zero-order valence-corrected chi connectivity index (χ0v) is 11.4. The molecule has 2 bridgehead atoms. The van der Waals surface area contributed by atoms with Crippen molar-refractivity contribution in [3.8, 4) is 0 Å². The summed E-state index contributed by atoms with van der Waals surface area (Å²) < 4.78 is 31.2. The highest BCUT2D eigenvalue weighted by atomic mass is 19.4. The Hall–Kier alpha value is -2.16. The lowest BCUT2D eigenvalue weighted by Crippen LogP contribution is -2.69. The number of carbonyl (C=O) groups is 2. The van der Waals surface area contributed by atoms with Crippen LogP contribution >= 0.6 is 0 Å². The number of piperazine rings is 1. The summed E-state index contributed by atoms with van der Waals surface area (Å²) in [4.78, 5) is 36.2. The molecule has 2 N–H and O–H groups in total. The van der Waals surface area contributed by atoms with Gasteiger partial charge < -0.3 is 15.2 Å². The number of aromatic amines is 1. The minimum absolute atomic E-state index is 0.0269. The maximum atomic E-state index is 12.1. The quantitative estimate of drug-likeness (QED) is 0.730. The number of hydrogen-bond acceptors (Lipinski definition) is 4. The Bertz CT molecular complexity index is 580. The predicted octanol–water partition coefficient (Wildman–Crippen LogP) is 0.309. The first-order valence-corrected chi connectivity index (χ1v) is 6.57. The van der Waals surface area contributed by atoms with Crippen LogP contribution in [0.4, 0.5) is 13.2 Å². The van der Waals surface area contributed by atoms with E-state index in [2.05, 4.69) is 10.3 Å². The Balaban J connectivity index is 0.000000254. The van der Waals surface area contributed by atoms with E-state index in [4.69, 9.17) is 4.79 Å². The van der Waals surface area contributed by atoms with Gasteiger partial charge in [0.1, 0.15) is 0 Å². The number of halogens is 3. The molecule has 0 radical (unpaired) electrons. The first kappa shape index (κ1) is 16.2. The van der Waals surface area contributed by atoms with Gasteiger partial charge in [-0.25, -0.2) is 0 Å². The van der Waals surface area contributed by atoms with Crippen LogP contribution in [0.1, 0.15) is 16.8 Å². The highest BCUT2D eigenvalue weighted by Crippen LogP contribution is 2.29. The van der Waals surface area contributed by atoms with Crippen LogP contribution in [0.2, 0.25) is 0 Å². The molecule has 1 aromatic heterocycles. The number of aldehydes is 1. The Morgan fingerprint density at radius 1 is 1.27 bits per heavy atom. The summed E-state index contributed by atoms with van der Waals surface area (Å²) in [6, 6.07) is 3.64. The lowest BCUT2D eigenvalue weighted by molar-refractivity contribution is -0.156. The van der Waals surface area contributed by atoms with Crippen molar-refractivity contribution in [3.05, 3.63) is 34.2 Å². The van der Waals surface area contributed by atoms with E-state index in [9.17, 15) is 22.8 Å². The van der Waals surface area contributed by atoms with Crippen LogP contribution in [0.5, 0.6) is 0 Å². The summed E-state index contributed by atoms with van der Waals surface area (Å²) in [5.41, 5.74) is 0.387. The fraction of sp³-hybridized carbons (Fsp3) is 0.462. The van der Waals surface area contributed by atoms with E-state index in [0.29, 0.717) is 17.6 Å². The van der Waals surface area contributed by atoms with Crippen molar-refractivity contribution in [1.82, 2.24) is 15.2 Å². The molecule has 1 amide bonds. The molecule has 120 valence electrons. The van der Waals surface area contributed by atoms with Gasteiger partial charge in [-0.3, -0.25) is 14.4 Å². The van der Waals surface area contributed by atoms with E-state index in [-0.39, 0.29) is 11.5 Å². The van der Waals surface area contributed by atoms with E-state index in [1.54, 1.807) is 6.07 Å². The van der Waals surface area contributed by atoms with Gasteiger partial charge in [0.05, 0.1) is 5.56 Å². The molecule has 6 nitrogen and oxygen atoms in total. The van der Waals surface area contributed by atoms with E-state index in [1.165, 1.54) is 12.3 Å².